The minimum Gasteiger partial charge on any atom is -0.463 e. The summed E-state index contributed by atoms with van der Waals surface area (Å²) in [6, 6.07) is 4.38. The predicted molar refractivity (Wildman–Crippen MR) is 136 cm³/mol. The quantitative estimate of drug-likeness (QED) is 0.284. The summed E-state index contributed by atoms with van der Waals surface area (Å²) in [5.41, 5.74) is 2.27. The molecule has 0 aliphatic carbocycles. The van der Waals surface area contributed by atoms with E-state index in [9.17, 15) is 24.0 Å². The average molecular weight is 576 g/mol. The predicted octanol–water partition coefficient (Wildman–Crippen LogP) is 2.38. The summed E-state index contributed by atoms with van der Waals surface area (Å²) in [5, 5.41) is 1.99. The molecule has 212 valence electrons. The third kappa shape index (κ3) is 6.63. The second kappa shape index (κ2) is 12.3. The molecule has 14 heteroatoms. The molecule has 5 unspecified atom stereocenters. The van der Waals surface area contributed by atoms with E-state index in [1.807, 2.05) is 0 Å². The zero-order valence-electron chi connectivity index (χ0n) is 21.8. The van der Waals surface area contributed by atoms with Crippen LogP contribution in [0, 0.1) is 0 Å². The molecule has 5 atom stereocenters. The van der Waals surface area contributed by atoms with Gasteiger partial charge in [-0.1, -0.05) is 0 Å². The van der Waals surface area contributed by atoms with Crippen molar-refractivity contribution in [2.24, 2.45) is 0 Å². The number of thiazole rings is 1. The van der Waals surface area contributed by atoms with Gasteiger partial charge in [-0.25, -0.2) is 4.98 Å². The fourth-order valence-corrected chi connectivity index (χ4v) is 4.67. The van der Waals surface area contributed by atoms with Crippen LogP contribution in [0.25, 0.3) is 22.2 Å². The smallest absolute Gasteiger partial charge is 0.303 e. The number of carbonyl (C=O) groups is 4. The van der Waals surface area contributed by atoms with E-state index in [1.165, 1.54) is 42.7 Å². The molecular weight excluding hydrogens is 550 g/mol. The van der Waals surface area contributed by atoms with Gasteiger partial charge in [0.15, 0.2) is 12.2 Å². The summed E-state index contributed by atoms with van der Waals surface area (Å²) in [6.07, 6.45) is -5.42. The summed E-state index contributed by atoms with van der Waals surface area (Å²) >= 11 is 1.34. The lowest BCUT2D eigenvalue weighted by Gasteiger charge is -2.43. The Labute approximate surface area is 230 Å². The zero-order chi connectivity index (χ0) is 29.0. The van der Waals surface area contributed by atoms with Gasteiger partial charge in [0.05, 0.1) is 22.2 Å². The molecule has 0 bridgehead atoms. The van der Waals surface area contributed by atoms with Crippen LogP contribution in [0.3, 0.4) is 0 Å². The first-order valence-electron chi connectivity index (χ1n) is 11.9. The highest BCUT2D eigenvalue weighted by molar-refractivity contribution is 7.07. The van der Waals surface area contributed by atoms with Crippen LogP contribution in [-0.2, 0) is 42.9 Å². The maximum Gasteiger partial charge on any atom is 0.303 e. The van der Waals surface area contributed by atoms with Gasteiger partial charge in [0.2, 0.25) is 17.8 Å². The number of ether oxygens (including phenoxy) is 6. The highest BCUT2D eigenvalue weighted by atomic mass is 32.1. The molecule has 1 fully saturated rings. The first-order chi connectivity index (χ1) is 19.0. The number of esters is 4. The molecule has 1 aliphatic rings. The number of nitrogens with zero attached hydrogens (tertiary/aromatic N) is 1. The Bertz CT molecular complexity index is 1470. The van der Waals surface area contributed by atoms with Crippen LogP contribution >= 0.6 is 11.3 Å². The van der Waals surface area contributed by atoms with Crippen molar-refractivity contribution in [3.8, 4) is 17.0 Å². The van der Waals surface area contributed by atoms with Crippen LogP contribution in [0.4, 0.5) is 0 Å². The van der Waals surface area contributed by atoms with E-state index in [-0.39, 0.29) is 22.1 Å². The number of hydrogen-bond acceptors (Lipinski definition) is 14. The molecule has 13 nitrogen and oxygen atoms in total. The van der Waals surface area contributed by atoms with Crippen LogP contribution < -0.4 is 10.2 Å². The molecule has 1 aliphatic heterocycles. The van der Waals surface area contributed by atoms with E-state index in [0.717, 1.165) is 20.8 Å². The topological polar surface area (TPSA) is 167 Å². The van der Waals surface area contributed by atoms with Gasteiger partial charge in [-0.05, 0) is 12.1 Å². The second-order valence-corrected chi connectivity index (χ2v) is 9.41. The Morgan fingerprint density at radius 3 is 2.23 bits per heavy atom. The van der Waals surface area contributed by atoms with Gasteiger partial charge in [-0.3, -0.25) is 24.0 Å². The third-order valence-corrected chi connectivity index (χ3v) is 6.24. The number of aromatic nitrogens is 1. The highest BCUT2D eigenvalue weighted by Gasteiger charge is 2.53. The molecule has 0 saturated carbocycles. The van der Waals surface area contributed by atoms with Crippen molar-refractivity contribution in [1.29, 1.82) is 0 Å². The van der Waals surface area contributed by atoms with E-state index >= 15 is 0 Å². The van der Waals surface area contributed by atoms with E-state index in [4.69, 9.17) is 32.8 Å². The van der Waals surface area contributed by atoms with Crippen molar-refractivity contribution in [2.75, 3.05) is 6.61 Å². The standard InChI is InChI=1S/C26H25NO12S/c1-12(28)33-9-21-23(35-13(2)29)24(36-14(3)30)25(37-15(4)31)26(39-21)38-16-5-6-17-20(7-16)34-8-18(22(17)32)19-10-40-11-27-19/h5-8,10-11,21,23-26H,9H2,1-4H3. The monoisotopic (exact) mass is 575 g/mol. The van der Waals surface area contributed by atoms with Gasteiger partial charge >= 0.3 is 23.9 Å². The van der Waals surface area contributed by atoms with Crippen LogP contribution in [-0.4, -0.2) is 66.2 Å². The summed E-state index contributed by atoms with van der Waals surface area (Å²) in [6.45, 7) is 4.14. The normalized spacial score (nSPS) is 22.2. The van der Waals surface area contributed by atoms with Crippen molar-refractivity contribution < 1.29 is 52.0 Å². The van der Waals surface area contributed by atoms with Crippen molar-refractivity contribution in [2.45, 2.75) is 58.4 Å². The van der Waals surface area contributed by atoms with E-state index < -0.39 is 61.2 Å². The van der Waals surface area contributed by atoms with E-state index in [2.05, 4.69) is 4.98 Å². The molecule has 40 heavy (non-hydrogen) atoms. The fourth-order valence-electron chi connectivity index (χ4n) is 4.12. The van der Waals surface area contributed by atoms with Crippen molar-refractivity contribution in [3.63, 3.8) is 0 Å². The molecule has 0 spiro atoms. The molecule has 1 saturated heterocycles. The fraction of sp³-hybridized carbons (Fsp3) is 0.385. The molecule has 3 aromatic rings. The Morgan fingerprint density at radius 2 is 1.60 bits per heavy atom. The summed E-state index contributed by atoms with van der Waals surface area (Å²) in [4.78, 5) is 64.5. The van der Waals surface area contributed by atoms with Gasteiger partial charge < -0.3 is 32.8 Å². The molecule has 1 aromatic carbocycles. The van der Waals surface area contributed by atoms with Gasteiger partial charge in [0.25, 0.3) is 0 Å². The number of hydrogen-bond donors (Lipinski definition) is 0. The lowest BCUT2D eigenvalue weighted by atomic mass is 9.98. The first-order valence-corrected chi connectivity index (χ1v) is 12.9. The lowest BCUT2D eigenvalue weighted by Crippen LogP contribution is -2.63. The first kappa shape index (κ1) is 28.7. The number of benzene rings is 1. The van der Waals surface area contributed by atoms with Gasteiger partial charge in [0, 0.05) is 39.1 Å². The van der Waals surface area contributed by atoms with Crippen LogP contribution in [0.2, 0.25) is 0 Å². The number of carbonyl (C=O) groups excluding carboxylic acids is 4. The van der Waals surface area contributed by atoms with Crippen molar-refractivity contribution in [3.05, 3.63) is 45.6 Å². The maximum absolute atomic E-state index is 13.0. The third-order valence-electron chi connectivity index (χ3n) is 5.65. The van der Waals surface area contributed by atoms with Crippen LogP contribution in [0.1, 0.15) is 27.7 Å². The average Bonchev–Trinajstić information content (AvgIpc) is 3.40. The van der Waals surface area contributed by atoms with Crippen LogP contribution in [0.15, 0.2) is 44.6 Å². The molecular formula is C26H25NO12S. The molecule has 0 amide bonds. The Morgan fingerprint density at radius 1 is 0.925 bits per heavy atom. The number of fused-ring (bicyclic) bond motifs is 1. The van der Waals surface area contributed by atoms with Gasteiger partial charge in [0.1, 0.15) is 30.3 Å². The summed E-state index contributed by atoms with van der Waals surface area (Å²) < 4.78 is 38.8. The largest absolute Gasteiger partial charge is 0.463 e. The highest BCUT2D eigenvalue weighted by Crippen LogP contribution is 2.32. The van der Waals surface area contributed by atoms with E-state index in [0.29, 0.717) is 11.3 Å². The Hall–Kier alpha value is -4.30. The van der Waals surface area contributed by atoms with E-state index in [1.54, 1.807) is 10.9 Å². The number of rotatable bonds is 8. The molecule has 4 rings (SSSR count). The lowest BCUT2D eigenvalue weighted by molar-refractivity contribution is -0.288. The van der Waals surface area contributed by atoms with Crippen LogP contribution in [0.5, 0.6) is 5.75 Å². The SMILES string of the molecule is CC(=O)OCC1OC(Oc2ccc3c(=O)c(-c4cscn4)coc3c2)C(OC(C)=O)C(OC(C)=O)C1OC(C)=O. The minimum absolute atomic E-state index is 0.137. The van der Waals surface area contributed by atoms with Gasteiger partial charge in [-0.15, -0.1) is 11.3 Å². The Balaban J connectivity index is 1.70. The van der Waals surface area contributed by atoms with Crippen molar-refractivity contribution >= 4 is 46.2 Å². The minimum atomic E-state index is -1.43. The van der Waals surface area contributed by atoms with Crippen molar-refractivity contribution in [1.82, 2.24) is 4.98 Å². The molecule has 2 aromatic heterocycles. The summed E-state index contributed by atoms with van der Waals surface area (Å²) in [7, 11) is 0. The maximum atomic E-state index is 13.0. The molecule has 3 heterocycles. The van der Waals surface area contributed by atoms with Gasteiger partial charge in [-0.2, -0.15) is 0 Å². The zero-order valence-corrected chi connectivity index (χ0v) is 22.6. The second-order valence-electron chi connectivity index (χ2n) is 8.70. The molecule has 0 N–H and O–H groups in total. The Kier molecular flexibility index (Phi) is 8.80. The molecule has 0 radical (unpaired) electrons. The summed E-state index contributed by atoms with van der Waals surface area (Å²) in [5.74, 6) is -2.79.